The number of hydrogen-bond donors (Lipinski definition) is 1. The van der Waals surface area contributed by atoms with E-state index in [9.17, 15) is 4.79 Å². The zero-order valence-electron chi connectivity index (χ0n) is 9.46. The number of nitrogens with zero attached hydrogens (tertiary/aromatic N) is 1. The van der Waals surface area contributed by atoms with Gasteiger partial charge in [-0.05, 0) is 53.2 Å². The summed E-state index contributed by atoms with van der Waals surface area (Å²) >= 11 is 3.33. The lowest BCUT2D eigenvalue weighted by Crippen LogP contribution is -2.21. The van der Waals surface area contributed by atoms with Gasteiger partial charge in [0.2, 0.25) is 5.91 Å². The zero-order valence-corrected chi connectivity index (χ0v) is 11.0. The van der Waals surface area contributed by atoms with Crippen molar-refractivity contribution in [2.24, 2.45) is 11.8 Å². The minimum absolute atomic E-state index is 0.103. The second-order valence-electron chi connectivity index (χ2n) is 4.45. The Balaban J connectivity index is 2.02. The molecular weight excluding hydrogens is 268 g/mol. The van der Waals surface area contributed by atoms with Crippen LogP contribution in [0.2, 0.25) is 0 Å². The fourth-order valence-electron chi connectivity index (χ4n) is 1.69. The molecule has 1 saturated carbocycles. The van der Waals surface area contributed by atoms with E-state index >= 15 is 0 Å². The second-order valence-corrected chi connectivity index (χ2v) is 5.20. The summed E-state index contributed by atoms with van der Waals surface area (Å²) < 4.78 is 0.820. The highest BCUT2D eigenvalue weighted by Gasteiger charge is 2.32. The van der Waals surface area contributed by atoms with E-state index in [1.54, 1.807) is 6.20 Å². The molecule has 1 amide bonds. The van der Waals surface area contributed by atoms with Crippen molar-refractivity contribution in [3.05, 3.63) is 22.4 Å². The standard InChI is InChI=1S/C12H15BrN2O/c1-7-5-10(6-14-11(7)13)15-12(16)8(2)9-3-4-9/h5-6,8-9H,3-4H2,1-2H3,(H,15,16). The second kappa shape index (κ2) is 4.53. The first kappa shape index (κ1) is 11.6. The van der Waals surface area contributed by atoms with Gasteiger partial charge in [-0.3, -0.25) is 4.79 Å². The van der Waals surface area contributed by atoms with Gasteiger partial charge >= 0.3 is 0 Å². The zero-order chi connectivity index (χ0) is 11.7. The summed E-state index contributed by atoms with van der Waals surface area (Å²) in [5.41, 5.74) is 1.80. The lowest BCUT2D eigenvalue weighted by atomic mass is 10.1. The van der Waals surface area contributed by atoms with Crippen LogP contribution >= 0.6 is 15.9 Å². The molecule has 1 aromatic rings. The van der Waals surface area contributed by atoms with Gasteiger partial charge in [0.25, 0.3) is 0 Å². The monoisotopic (exact) mass is 282 g/mol. The minimum atomic E-state index is 0.103. The van der Waals surface area contributed by atoms with E-state index in [0.29, 0.717) is 5.92 Å². The van der Waals surface area contributed by atoms with Gasteiger partial charge in [0.05, 0.1) is 11.9 Å². The first-order valence-electron chi connectivity index (χ1n) is 5.51. The highest BCUT2D eigenvalue weighted by molar-refractivity contribution is 9.10. The summed E-state index contributed by atoms with van der Waals surface area (Å²) in [7, 11) is 0. The molecule has 0 spiro atoms. The van der Waals surface area contributed by atoms with Crippen LogP contribution < -0.4 is 5.32 Å². The molecule has 1 aliphatic rings. The van der Waals surface area contributed by atoms with E-state index < -0.39 is 0 Å². The SMILES string of the molecule is Cc1cc(NC(=O)C(C)C2CC2)cnc1Br. The van der Waals surface area contributed by atoms with E-state index in [0.717, 1.165) is 15.9 Å². The van der Waals surface area contributed by atoms with Crippen molar-refractivity contribution in [1.29, 1.82) is 0 Å². The third-order valence-corrected chi connectivity index (χ3v) is 3.85. The van der Waals surface area contributed by atoms with E-state index in [1.165, 1.54) is 12.8 Å². The number of aryl methyl sites for hydroxylation is 1. The predicted octanol–water partition coefficient (Wildman–Crippen LogP) is 3.14. The van der Waals surface area contributed by atoms with Crippen LogP contribution in [0, 0.1) is 18.8 Å². The summed E-state index contributed by atoms with van der Waals surface area (Å²) in [5.74, 6) is 0.805. The molecule has 4 heteroatoms. The number of amides is 1. The number of anilines is 1. The summed E-state index contributed by atoms with van der Waals surface area (Å²) in [6, 6.07) is 1.93. The van der Waals surface area contributed by atoms with Gasteiger partial charge in [-0.25, -0.2) is 4.98 Å². The Bertz CT molecular complexity index is 415. The molecule has 0 aromatic carbocycles. The number of pyridine rings is 1. The number of carbonyl (C=O) groups is 1. The lowest BCUT2D eigenvalue weighted by Gasteiger charge is -2.11. The number of nitrogens with one attached hydrogen (secondary N) is 1. The summed E-state index contributed by atoms with van der Waals surface area (Å²) in [6.07, 6.45) is 4.05. The average Bonchev–Trinajstić information content (AvgIpc) is 3.06. The van der Waals surface area contributed by atoms with Gasteiger partial charge in [-0.1, -0.05) is 6.92 Å². The first-order valence-corrected chi connectivity index (χ1v) is 6.30. The molecule has 0 saturated heterocycles. The maximum Gasteiger partial charge on any atom is 0.227 e. The van der Waals surface area contributed by atoms with Gasteiger partial charge in [0, 0.05) is 5.92 Å². The Morgan fingerprint density at radius 3 is 2.88 bits per heavy atom. The molecule has 1 heterocycles. The molecular formula is C12H15BrN2O. The van der Waals surface area contributed by atoms with Crippen LogP contribution in [0.4, 0.5) is 5.69 Å². The predicted molar refractivity (Wildman–Crippen MR) is 67.2 cm³/mol. The van der Waals surface area contributed by atoms with Crippen molar-refractivity contribution in [1.82, 2.24) is 4.98 Å². The Morgan fingerprint density at radius 1 is 1.62 bits per heavy atom. The molecule has 1 N–H and O–H groups in total. The first-order chi connectivity index (χ1) is 7.58. The minimum Gasteiger partial charge on any atom is -0.324 e. The Kier molecular flexibility index (Phi) is 3.28. The van der Waals surface area contributed by atoms with Gasteiger partial charge < -0.3 is 5.32 Å². The highest BCUT2D eigenvalue weighted by atomic mass is 79.9. The fourth-order valence-corrected chi connectivity index (χ4v) is 1.91. The van der Waals surface area contributed by atoms with Crippen molar-refractivity contribution in [3.63, 3.8) is 0 Å². The smallest absolute Gasteiger partial charge is 0.227 e. The summed E-state index contributed by atoms with van der Waals surface area (Å²) in [5, 5.41) is 2.91. The number of aromatic nitrogens is 1. The number of halogens is 1. The maximum atomic E-state index is 11.8. The molecule has 0 radical (unpaired) electrons. The molecule has 0 aliphatic heterocycles. The third-order valence-electron chi connectivity index (χ3n) is 3.02. The van der Waals surface area contributed by atoms with E-state index in [-0.39, 0.29) is 11.8 Å². The van der Waals surface area contributed by atoms with E-state index in [2.05, 4.69) is 26.2 Å². The van der Waals surface area contributed by atoms with Crippen molar-refractivity contribution in [2.75, 3.05) is 5.32 Å². The van der Waals surface area contributed by atoms with Gasteiger partial charge in [0.1, 0.15) is 4.60 Å². The van der Waals surface area contributed by atoms with Crippen molar-refractivity contribution in [2.45, 2.75) is 26.7 Å². The van der Waals surface area contributed by atoms with Gasteiger partial charge in [-0.15, -0.1) is 0 Å². The van der Waals surface area contributed by atoms with Crippen molar-refractivity contribution in [3.8, 4) is 0 Å². The van der Waals surface area contributed by atoms with E-state index in [4.69, 9.17) is 0 Å². The van der Waals surface area contributed by atoms with Crippen LogP contribution in [-0.2, 0) is 4.79 Å². The molecule has 1 fully saturated rings. The molecule has 1 aromatic heterocycles. The molecule has 3 nitrogen and oxygen atoms in total. The molecule has 1 unspecified atom stereocenters. The molecule has 2 rings (SSSR count). The number of rotatable bonds is 3. The van der Waals surface area contributed by atoms with E-state index in [1.807, 2.05) is 19.9 Å². The highest BCUT2D eigenvalue weighted by Crippen LogP contribution is 2.37. The Hall–Kier alpha value is -0.900. The Morgan fingerprint density at radius 2 is 2.31 bits per heavy atom. The molecule has 1 atom stereocenters. The fraction of sp³-hybridized carbons (Fsp3) is 0.500. The van der Waals surface area contributed by atoms with Crippen LogP contribution in [0.5, 0.6) is 0 Å². The summed E-state index contributed by atoms with van der Waals surface area (Å²) in [4.78, 5) is 16.0. The molecule has 1 aliphatic carbocycles. The van der Waals surface area contributed by atoms with Crippen molar-refractivity contribution >= 4 is 27.5 Å². The largest absolute Gasteiger partial charge is 0.324 e. The van der Waals surface area contributed by atoms with Crippen LogP contribution in [-0.4, -0.2) is 10.9 Å². The quantitative estimate of drug-likeness (QED) is 0.866. The molecule has 86 valence electrons. The lowest BCUT2D eigenvalue weighted by molar-refractivity contribution is -0.119. The normalized spacial score (nSPS) is 16.9. The van der Waals surface area contributed by atoms with Crippen LogP contribution in [0.15, 0.2) is 16.9 Å². The van der Waals surface area contributed by atoms with Gasteiger partial charge in [0.15, 0.2) is 0 Å². The summed E-state index contributed by atoms with van der Waals surface area (Å²) in [6.45, 7) is 3.95. The van der Waals surface area contributed by atoms with Crippen LogP contribution in [0.1, 0.15) is 25.3 Å². The number of carbonyl (C=O) groups excluding carboxylic acids is 1. The Labute approximate surface area is 104 Å². The van der Waals surface area contributed by atoms with Gasteiger partial charge in [-0.2, -0.15) is 0 Å². The average molecular weight is 283 g/mol. The van der Waals surface area contributed by atoms with Crippen LogP contribution in [0.25, 0.3) is 0 Å². The number of hydrogen-bond acceptors (Lipinski definition) is 2. The van der Waals surface area contributed by atoms with Crippen LogP contribution in [0.3, 0.4) is 0 Å². The molecule has 16 heavy (non-hydrogen) atoms. The maximum absolute atomic E-state index is 11.8. The van der Waals surface area contributed by atoms with Crippen molar-refractivity contribution < 1.29 is 4.79 Å². The third kappa shape index (κ3) is 2.61. The topological polar surface area (TPSA) is 42.0 Å². The molecule has 0 bridgehead atoms.